The van der Waals surface area contributed by atoms with Crippen LogP contribution in [0.3, 0.4) is 0 Å². The molecule has 0 spiro atoms. The number of aromatic nitrogens is 2. The number of benzene rings is 1. The normalized spacial score (nSPS) is 10.2. The first-order valence-electron chi connectivity index (χ1n) is 4.98. The van der Waals surface area contributed by atoms with Crippen LogP contribution in [0, 0.1) is 13.8 Å². The SMILES string of the molecule is Cc1noc(NC(=O)c2cccc(O)c2C)n1. The largest absolute Gasteiger partial charge is 0.508 e. The van der Waals surface area contributed by atoms with Crippen LogP contribution < -0.4 is 5.32 Å². The van der Waals surface area contributed by atoms with Crippen LogP contribution in [0.1, 0.15) is 21.7 Å². The number of aryl methyl sites for hydroxylation is 1. The third kappa shape index (κ3) is 2.25. The second-order valence-corrected chi connectivity index (χ2v) is 3.55. The fraction of sp³-hybridized carbons (Fsp3) is 0.182. The minimum absolute atomic E-state index is 0.0373. The average molecular weight is 233 g/mol. The Morgan fingerprint density at radius 1 is 1.41 bits per heavy atom. The quantitative estimate of drug-likeness (QED) is 0.823. The van der Waals surface area contributed by atoms with Gasteiger partial charge in [-0.2, -0.15) is 4.98 Å². The van der Waals surface area contributed by atoms with E-state index in [0.29, 0.717) is 17.0 Å². The number of rotatable bonds is 2. The minimum atomic E-state index is -0.401. The van der Waals surface area contributed by atoms with E-state index in [0.717, 1.165) is 0 Å². The molecule has 0 atom stereocenters. The van der Waals surface area contributed by atoms with E-state index in [1.165, 1.54) is 6.07 Å². The summed E-state index contributed by atoms with van der Waals surface area (Å²) >= 11 is 0. The van der Waals surface area contributed by atoms with E-state index in [-0.39, 0.29) is 11.8 Å². The Morgan fingerprint density at radius 2 is 2.18 bits per heavy atom. The Balaban J connectivity index is 2.23. The van der Waals surface area contributed by atoms with Crippen LogP contribution in [-0.2, 0) is 0 Å². The number of phenolic OH excluding ortho intramolecular Hbond substituents is 1. The van der Waals surface area contributed by atoms with Gasteiger partial charge in [0.05, 0.1) is 0 Å². The summed E-state index contributed by atoms with van der Waals surface area (Å²) in [5, 5.41) is 15.5. The van der Waals surface area contributed by atoms with Gasteiger partial charge in [0.2, 0.25) is 0 Å². The summed E-state index contributed by atoms with van der Waals surface area (Å²) in [6.07, 6.45) is 0. The zero-order chi connectivity index (χ0) is 12.4. The van der Waals surface area contributed by atoms with Crippen LogP contribution in [0.4, 0.5) is 6.01 Å². The molecule has 2 rings (SSSR count). The zero-order valence-corrected chi connectivity index (χ0v) is 9.39. The van der Waals surface area contributed by atoms with Gasteiger partial charge in [0, 0.05) is 11.1 Å². The lowest BCUT2D eigenvalue weighted by molar-refractivity contribution is 0.102. The van der Waals surface area contributed by atoms with Crippen molar-refractivity contribution in [3.05, 3.63) is 35.2 Å². The van der Waals surface area contributed by atoms with Crippen molar-refractivity contribution < 1.29 is 14.4 Å². The second-order valence-electron chi connectivity index (χ2n) is 3.55. The number of hydrogen-bond donors (Lipinski definition) is 2. The third-order valence-corrected chi connectivity index (χ3v) is 2.30. The van der Waals surface area contributed by atoms with E-state index >= 15 is 0 Å². The third-order valence-electron chi connectivity index (χ3n) is 2.30. The molecule has 1 aromatic heterocycles. The highest BCUT2D eigenvalue weighted by molar-refractivity contribution is 6.04. The smallest absolute Gasteiger partial charge is 0.328 e. The summed E-state index contributed by atoms with van der Waals surface area (Å²) in [7, 11) is 0. The number of nitrogens with one attached hydrogen (secondary N) is 1. The van der Waals surface area contributed by atoms with Crippen LogP contribution in [0.2, 0.25) is 0 Å². The highest BCUT2D eigenvalue weighted by atomic mass is 16.5. The Morgan fingerprint density at radius 3 is 2.82 bits per heavy atom. The van der Waals surface area contributed by atoms with Gasteiger partial charge in [0.15, 0.2) is 5.82 Å². The van der Waals surface area contributed by atoms with E-state index < -0.39 is 5.91 Å². The molecule has 0 aliphatic carbocycles. The fourth-order valence-corrected chi connectivity index (χ4v) is 1.38. The number of carbonyl (C=O) groups is 1. The summed E-state index contributed by atoms with van der Waals surface area (Å²) < 4.78 is 4.77. The van der Waals surface area contributed by atoms with Crippen LogP contribution in [0.25, 0.3) is 0 Å². The van der Waals surface area contributed by atoms with Gasteiger partial charge in [0.25, 0.3) is 5.91 Å². The lowest BCUT2D eigenvalue weighted by Gasteiger charge is -2.05. The highest BCUT2D eigenvalue weighted by Gasteiger charge is 2.14. The predicted octanol–water partition coefficient (Wildman–Crippen LogP) is 1.64. The molecule has 1 amide bonds. The van der Waals surface area contributed by atoms with Crippen molar-refractivity contribution in [2.24, 2.45) is 0 Å². The molecule has 0 saturated heterocycles. The Hall–Kier alpha value is -2.37. The van der Waals surface area contributed by atoms with Crippen LogP contribution >= 0.6 is 0 Å². The second kappa shape index (κ2) is 4.25. The number of amides is 1. The molecule has 0 unspecified atom stereocenters. The van der Waals surface area contributed by atoms with Crippen molar-refractivity contribution in [3.8, 4) is 5.75 Å². The lowest BCUT2D eigenvalue weighted by atomic mass is 10.1. The molecule has 6 nitrogen and oxygen atoms in total. The van der Waals surface area contributed by atoms with Gasteiger partial charge in [-0.3, -0.25) is 10.1 Å². The minimum Gasteiger partial charge on any atom is -0.508 e. The molecule has 17 heavy (non-hydrogen) atoms. The van der Waals surface area contributed by atoms with Crippen molar-refractivity contribution in [2.45, 2.75) is 13.8 Å². The van der Waals surface area contributed by atoms with Crippen molar-refractivity contribution >= 4 is 11.9 Å². The first-order chi connectivity index (χ1) is 8.08. The average Bonchev–Trinajstić information content (AvgIpc) is 2.68. The number of anilines is 1. The van der Waals surface area contributed by atoms with Crippen LogP contribution in [-0.4, -0.2) is 21.2 Å². The van der Waals surface area contributed by atoms with Gasteiger partial charge in [-0.1, -0.05) is 11.2 Å². The number of hydrogen-bond acceptors (Lipinski definition) is 5. The Bertz CT molecular complexity index is 563. The van der Waals surface area contributed by atoms with Gasteiger partial charge in [-0.25, -0.2) is 0 Å². The van der Waals surface area contributed by atoms with Crippen LogP contribution in [0.5, 0.6) is 5.75 Å². The molecular weight excluding hydrogens is 222 g/mol. The van der Waals surface area contributed by atoms with Gasteiger partial charge in [-0.15, -0.1) is 0 Å². The van der Waals surface area contributed by atoms with Gasteiger partial charge in [0.1, 0.15) is 5.75 Å². The molecule has 0 saturated carbocycles. The molecule has 0 fully saturated rings. The summed E-state index contributed by atoms with van der Waals surface area (Å²) in [5.74, 6) is 0.106. The van der Waals surface area contributed by atoms with E-state index in [1.54, 1.807) is 26.0 Å². The summed E-state index contributed by atoms with van der Waals surface area (Å²) in [5.41, 5.74) is 0.863. The first kappa shape index (κ1) is 11.1. The Kier molecular flexibility index (Phi) is 2.78. The van der Waals surface area contributed by atoms with Gasteiger partial charge in [-0.05, 0) is 26.0 Å². The monoisotopic (exact) mass is 233 g/mol. The topological polar surface area (TPSA) is 88.2 Å². The number of aromatic hydroxyl groups is 1. The maximum Gasteiger partial charge on any atom is 0.328 e. The number of nitrogens with zero attached hydrogens (tertiary/aromatic N) is 2. The zero-order valence-electron chi connectivity index (χ0n) is 9.39. The molecule has 2 N–H and O–H groups in total. The first-order valence-corrected chi connectivity index (χ1v) is 4.98. The molecule has 0 bridgehead atoms. The molecule has 1 aromatic carbocycles. The summed E-state index contributed by atoms with van der Waals surface area (Å²) in [4.78, 5) is 15.7. The molecule has 88 valence electrons. The van der Waals surface area contributed by atoms with E-state index in [9.17, 15) is 9.90 Å². The van der Waals surface area contributed by atoms with E-state index in [1.807, 2.05) is 0 Å². The van der Waals surface area contributed by atoms with E-state index in [2.05, 4.69) is 15.5 Å². The highest BCUT2D eigenvalue weighted by Crippen LogP contribution is 2.20. The molecule has 6 heteroatoms. The fourth-order valence-electron chi connectivity index (χ4n) is 1.38. The van der Waals surface area contributed by atoms with Crippen molar-refractivity contribution in [2.75, 3.05) is 5.32 Å². The van der Waals surface area contributed by atoms with Crippen molar-refractivity contribution in [1.82, 2.24) is 10.1 Å². The van der Waals surface area contributed by atoms with Crippen molar-refractivity contribution in [3.63, 3.8) is 0 Å². The molecule has 0 aliphatic rings. The lowest BCUT2D eigenvalue weighted by Crippen LogP contribution is -2.13. The van der Waals surface area contributed by atoms with E-state index in [4.69, 9.17) is 4.52 Å². The summed E-state index contributed by atoms with van der Waals surface area (Å²) in [6.45, 7) is 3.31. The molecule has 0 aliphatic heterocycles. The summed E-state index contributed by atoms with van der Waals surface area (Å²) in [6, 6.07) is 4.75. The maximum absolute atomic E-state index is 11.8. The standard InChI is InChI=1S/C11H11N3O3/c1-6-8(4-3-5-9(6)15)10(16)13-11-12-7(2)14-17-11/h3-5,15H,1-2H3,(H,12,13,14,16). The van der Waals surface area contributed by atoms with Crippen molar-refractivity contribution in [1.29, 1.82) is 0 Å². The molecule has 1 heterocycles. The molecule has 2 aromatic rings. The predicted molar refractivity (Wildman–Crippen MR) is 59.8 cm³/mol. The maximum atomic E-state index is 11.8. The van der Waals surface area contributed by atoms with Gasteiger partial charge >= 0.3 is 6.01 Å². The van der Waals surface area contributed by atoms with Crippen LogP contribution in [0.15, 0.2) is 22.7 Å². The Labute approximate surface area is 97.3 Å². The molecule has 0 radical (unpaired) electrons. The van der Waals surface area contributed by atoms with Gasteiger partial charge < -0.3 is 9.63 Å². The molecular formula is C11H11N3O3. The number of phenols is 1. The number of carbonyl (C=O) groups excluding carboxylic acids is 1.